The number of aryl methyl sites for hydroxylation is 2. The molecule has 0 unspecified atom stereocenters. The summed E-state index contributed by atoms with van der Waals surface area (Å²) in [5, 5.41) is 27.1. The van der Waals surface area contributed by atoms with Crippen molar-refractivity contribution in [2.75, 3.05) is 17.6 Å². The highest BCUT2D eigenvalue weighted by atomic mass is 16.3. The van der Waals surface area contributed by atoms with Crippen LogP contribution >= 0.6 is 0 Å². The third kappa shape index (κ3) is 3.55. The summed E-state index contributed by atoms with van der Waals surface area (Å²) in [5.74, 6) is 0.701. The number of aromatic nitrogens is 4. The van der Waals surface area contributed by atoms with Crippen LogP contribution in [-0.2, 0) is 12.0 Å². The number of nitriles is 1. The van der Waals surface area contributed by atoms with Gasteiger partial charge in [-0.15, -0.1) is 0 Å². The molecule has 0 spiro atoms. The smallest absolute Gasteiger partial charge is 0.162 e. The maximum atomic E-state index is 10.1. The van der Waals surface area contributed by atoms with Gasteiger partial charge in [0.25, 0.3) is 0 Å². The SMILES string of the molecule is Cc1nn2c(N)c(C#N)c(NCCc3cccc(C(C)(C)O)n3)nc2c1C. The van der Waals surface area contributed by atoms with Crippen LogP contribution < -0.4 is 11.1 Å². The predicted octanol–water partition coefficient (Wildman–Crippen LogP) is 2.08. The zero-order chi connectivity index (χ0) is 19.8. The number of hydrogen-bond acceptors (Lipinski definition) is 7. The number of nitrogens with zero attached hydrogens (tertiary/aromatic N) is 5. The first kappa shape index (κ1) is 18.6. The van der Waals surface area contributed by atoms with Crippen molar-refractivity contribution in [1.82, 2.24) is 19.6 Å². The summed E-state index contributed by atoms with van der Waals surface area (Å²) in [6.07, 6.45) is 0.610. The average molecular weight is 365 g/mol. The van der Waals surface area contributed by atoms with Gasteiger partial charge in [-0.25, -0.2) is 4.98 Å². The summed E-state index contributed by atoms with van der Waals surface area (Å²) in [6.45, 7) is 7.73. The molecule has 4 N–H and O–H groups in total. The second-order valence-corrected chi connectivity index (χ2v) is 7.03. The van der Waals surface area contributed by atoms with Crippen LogP contribution in [0.4, 0.5) is 11.6 Å². The van der Waals surface area contributed by atoms with E-state index in [2.05, 4.69) is 26.5 Å². The van der Waals surface area contributed by atoms with Crippen LogP contribution in [0.5, 0.6) is 0 Å². The van der Waals surface area contributed by atoms with E-state index < -0.39 is 5.60 Å². The molecule has 0 aliphatic heterocycles. The van der Waals surface area contributed by atoms with Crippen LogP contribution in [0.3, 0.4) is 0 Å². The number of pyridine rings is 1. The fourth-order valence-electron chi connectivity index (χ4n) is 2.79. The van der Waals surface area contributed by atoms with Crippen LogP contribution in [0.2, 0.25) is 0 Å². The number of nitrogens with two attached hydrogens (primary N) is 1. The molecule has 3 aromatic heterocycles. The first-order valence-electron chi connectivity index (χ1n) is 8.70. The van der Waals surface area contributed by atoms with Crippen molar-refractivity contribution < 1.29 is 5.11 Å². The largest absolute Gasteiger partial charge is 0.384 e. The van der Waals surface area contributed by atoms with Crippen molar-refractivity contribution in [2.45, 2.75) is 39.7 Å². The number of anilines is 2. The number of aliphatic hydroxyl groups is 1. The molecule has 0 aliphatic carbocycles. The summed E-state index contributed by atoms with van der Waals surface area (Å²) in [5.41, 5.74) is 9.23. The van der Waals surface area contributed by atoms with Gasteiger partial charge in [0.2, 0.25) is 0 Å². The monoisotopic (exact) mass is 365 g/mol. The normalized spacial score (nSPS) is 11.6. The Morgan fingerprint density at radius 1 is 1.30 bits per heavy atom. The summed E-state index contributed by atoms with van der Waals surface area (Å²) < 4.78 is 1.50. The topological polar surface area (TPSA) is 125 Å². The molecule has 3 heterocycles. The highest BCUT2D eigenvalue weighted by molar-refractivity contribution is 5.69. The number of fused-ring (bicyclic) bond motifs is 1. The van der Waals surface area contributed by atoms with Gasteiger partial charge in [0, 0.05) is 24.2 Å². The average Bonchev–Trinajstić information content (AvgIpc) is 2.90. The first-order valence-corrected chi connectivity index (χ1v) is 8.70. The lowest BCUT2D eigenvalue weighted by Gasteiger charge is -2.17. The maximum absolute atomic E-state index is 10.1. The van der Waals surface area contributed by atoms with Crippen molar-refractivity contribution in [2.24, 2.45) is 0 Å². The molecule has 0 aromatic carbocycles. The van der Waals surface area contributed by atoms with E-state index in [0.29, 0.717) is 30.1 Å². The van der Waals surface area contributed by atoms with Gasteiger partial charge in [0.15, 0.2) is 5.65 Å². The molecule has 0 radical (unpaired) electrons. The zero-order valence-electron chi connectivity index (χ0n) is 15.9. The van der Waals surface area contributed by atoms with E-state index in [1.165, 1.54) is 4.52 Å². The van der Waals surface area contributed by atoms with Crippen molar-refractivity contribution in [1.29, 1.82) is 5.26 Å². The van der Waals surface area contributed by atoms with Crippen molar-refractivity contribution in [3.63, 3.8) is 0 Å². The Bertz CT molecular complexity index is 1040. The highest BCUT2D eigenvalue weighted by Crippen LogP contribution is 2.24. The molecule has 0 fully saturated rings. The Hall–Kier alpha value is -3.18. The van der Waals surface area contributed by atoms with Crippen LogP contribution in [0.15, 0.2) is 18.2 Å². The van der Waals surface area contributed by atoms with E-state index in [4.69, 9.17) is 5.73 Å². The third-order valence-corrected chi connectivity index (χ3v) is 4.49. The van der Waals surface area contributed by atoms with E-state index in [9.17, 15) is 10.4 Å². The summed E-state index contributed by atoms with van der Waals surface area (Å²) >= 11 is 0. The molecule has 8 heteroatoms. The zero-order valence-corrected chi connectivity index (χ0v) is 15.9. The van der Waals surface area contributed by atoms with Gasteiger partial charge in [0.1, 0.15) is 28.9 Å². The van der Waals surface area contributed by atoms with Crippen LogP contribution in [0.1, 0.15) is 42.1 Å². The van der Waals surface area contributed by atoms with Crippen molar-refractivity contribution >= 4 is 17.3 Å². The van der Waals surface area contributed by atoms with Gasteiger partial charge >= 0.3 is 0 Å². The molecule has 27 heavy (non-hydrogen) atoms. The predicted molar refractivity (Wildman–Crippen MR) is 103 cm³/mol. The molecule has 8 nitrogen and oxygen atoms in total. The Balaban J connectivity index is 1.83. The van der Waals surface area contributed by atoms with Gasteiger partial charge in [-0.05, 0) is 39.8 Å². The fraction of sp³-hybridized carbons (Fsp3) is 0.368. The van der Waals surface area contributed by atoms with Crippen molar-refractivity contribution in [3.05, 3.63) is 46.4 Å². The minimum atomic E-state index is -0.990. The second kappa shape index (κ2) is 6.85. The minimum Gasteiger partial charge on any atom is -0.384 e. The molecule has 0 bridgehead atoms. The van der Waals surface area contributed by atoms with Gasteiger partial charge in [-0.3, -0.25) is 4.98 Å². The molecule has 3 rings (SSSR count). The third-order valence-electron chi connectivity index (χ3n) is 4.49. The van der Waals surface area contributed by atoms with E-state index in [1.54, 1.807) is 19.9 Å². The van der Waals surface area contributed by atoms with Gasteiger partial charge < -0.3 is 16.2 Å². The molecule has 0 atom stereocenters. The lowest BCUT2D eigenvalue weighted by atomic mass is 10.0. The lowest BCUT2D eigenvalue weighted by Crippen LogP contribution is -2.19. The molecule has 0 aliphatic rings. The van der Waals surface area contributed by atoms with Crippen LogP contribution in [0, 0.1) is 25.2 Å². The summed E-state index contributed by atoms with van der Waals surface area (Å²) in [7, 11) is 0. The molecular formula is C19H23N7O. The van der Waals surface area contributed by atoms with Gasteiger partial charge in [0.05, 0.1) is 11.4 Å². The number of hydrogen-bond donors (Lipinski definition) is 3. The van der Waals surface area contributed by atoms with E-state index >= 15 is 0 Å². The Labute approximate surface area is 157 Å². The Morgan fingerprint density at radius 3 is 2.70 bits per heavy atom. The molecule has 3 aromatic rings. The number of nitrogens with one attached hydrogen (secondary N) is 1. The van der Waals surface area contributed by atoms with Crippen LogP contribution in [-0.4, -0.2) is 31.2 Å². The minimum absolute atomic E-state index is 0.267. The van der Waals surface area contributed by atoms with Crippen LogP contribution in [0.25, 0.3) is 5.65 Å². The van der Waals surface area contributed by atoms with Gasteiger partial charge in [-0.2, -0.15) is 14.9 Å². The van der Waals surface area contributed by atoms with Crippen molar-refractivity contribution in [3.8, 4) is 6.07 Å². The highest BCUT2D eigenvalue weighted by Gasteiger charge is 2.18. The number of rotatable bonds is 5. The first-order chi connectivity index (χ1) is 12.7. The molecule has 140 valence electrons. The van der Waals surface area contributed by atoms with E-state index in [1.807, 2.05) is 26.0 Å². The molecular weight excluding hydrogens is 342 g/mol. The Morgan fingerprint density at radius 2 is 2.04 bits per heavy atom. The second-order valence-electron chi connectivity index (χ2n) is 7.03. The Kier molecular flexibility index (Phi) is 4.72. The molecule has 0 amide bonds. The fourth-order valence-corrected chi connectivity index (χ4v) is 2.79. The lowest BCUT2D eigenvalue weighted by molar-refractivity contribution is 0.0736. The molecule has 0 saturated heterocycles. The quantitative estimate of drug-likeness (QED) is 0.632. The molecule has 0 saturated carbocycles. The standard InChI is InChI=1S/C19H23N7O/c1-11-12(2)25-26-16(21)14(10-20)17(24-18(11)26)22-9-8-13-6-5-7-15(23-13)19(3,4)27/h5-7,27H,8-9,21H2,1-4H3,(H,22,24). The van der Waals surface area contributed by atoms with Gasteiger partial charge in [-0.1, -0.05) is 6.07 Å². The maximum Gasteiger partial charge on any atom is 0.162 e. The number of nitrogen functional groups attached to an aromatic ring is 1. The summed E-state index contributed by atoms with van der Waals surface area (Å²) in [6, 6.07) is 7.67. The summed E-state index contributed by atoms with van der Waals surface area (Å²) in [4.78, 5) is 9.03. The van der Waals surface area contributed by atoms with E-state index in [0.717, 1.165) is 17.0 Å². The van der Waals surface area contributed by atoms with E-state index in [-0.39, 0.29) is 11.4 Å².